The van der Waals surface area contributed by atoms with E-state index in [2.05, 4.69) is 0 Å². The average Bonchev–Trinajstić information content (AvgIpc) is 2.15. The molecule has 0 unspecified atom stereocenters. The molecule has 0 saturated carbocycles. The van der Waals surface area contributed by atoms with Gasteiger partial charge in [0.1, 0.15) is 5.75 Å². The Morgan fingerprint density at radius 3 is 2.69 bits per heavy atom. The van der Waals surface area contributed by atoms with E-state index < -0.39 is 0 Å². The highest BCUT2D eigenvalue weighted by Gasteiger charge is 2.07. The predicted octanol–water partition coefficient (Wildman–Crippen LogP) is 2.23. The lowest BCUT2D eigenvalue weighted by molar-refractivity contribution is -0.131. The Bertz CT molecular complexity index is 419. The van der Waals surface area contributed by atoms with Gasteiger partial charge in [-0.1, -0.05) is 18.2 Å². The number of hydrogen-bond acceptors (Lipinski definition) is 3. The van der Waals surface area contributed by atoms with Crippen molar-refractivity contribution in [2.24, 2.45) is 0 Å². The Kier molecular flexibility index (Phi) is 4.26. The van der Waals surface area contributed by atoms with E-state index in [4.69, 9.17) is 9.84 Å². The zero-order valence-electron chi connectivity index (χ0n) is 9.78. The van der Waals surface area contributed by atoms with Crippen LogP contribution in [-0.4, -0.2) is 17.7 Å². The monoisotopic (exact) mass is 220 g/mol. The molecule has 0 atom stereocenters. The first kappa shape index (κ1) is 12.5. The van der Waals surface area contributed by atoms with Crippen LogP contribution in [0.1, 0.15) is 23.6 Å². The summed E-state index contributed by atoms with van der Waals surface area (Å²) in [5, 5.41) is 8.75. The third kappa shape index (κ3) is 3.21. The molecule has 86 valence electrons. The first-order valence-corrected chi connectivity index (χ1v) is 5.11. The average molecular weight is 220 g/mol. The van der Waals surface area contributed by atoms with E-state index in [0.29, 0.717) is 5.75 Å². The second kappa shape index (κ2) is 5.47. The van der Waals surface area contributed by atoms with Gasteiger partial charge in [0, 0.05) is 12.5 Å². The zero-order chi connectivity index (χ0) is 12.1. The Morgan fingerprint density at radius 2 is 2.12 bits per heavy atom. The zero-order valence-corrected chi connectivity index (χ0v) is 9.78. The van der Waals surface area contributed by atoms with Crippen LogP contribution in [0.5, 0.6) is 5.75 Å². The summed E-state index contributed by atoms with van der Waals surface area (Å²) in [6.07, 6.45) is 3.37. The van der Waals surface area contributed by atoms with Crippen molar-refractivity contribution in [3.05, 3.63) is 34.9 Å². The summed E-state index contributed by atoms with van der Waals surface area (Å²) < 4.78 is 5.13. The minimum absolute atomic E-state index is 0.0349. The molecule has 0 aromatic heterocycles. The third-order valence-corrected chi connectivity index (χ3v) is 2.14. The number of carbonyl (C=O) groups excluding carboxylic acids is 1. The number of aliphatic hydroxyl groups is 1. The molecule has 1 aromatic carbocycles. The molecule has 0 heterocycles. The van der Waals surface area contributed by atoms with Crippen molar-refractivity contribution in [2.75, 3.05) is 6.61 Å². The lowest BCUT2D eigenvalue weighted by Gasteiger charge is -2.10. The van der Waals surface area contributed by atoms with Crippen LogP contribution in [0.4, 0.5) is 0 Å². The summed E-state index contributed by atoms with van der Waals surface area (Å²) in [6, 6.07) is 3.81. The SMILES string of the molecule is CC(=O)Oc1cc(C)cc(C)c1/C=C\CO. The van der Waals surface area contributed by atoms with Crippen LogP contribution < -0.4 is 4.74 Å². The first-order valence-electron chi connectivity index (χ1n) is 5.11. The molecule has 16 heavy (non-hydrogen) atoms. The maximum absolute atomic E-state index is 11.0. The first-order chi connectivity index (χ1) is 7.54. The molecule has 1 aromatic rings. The van der Waals surface area contributed by atoms with Crippen molar-refractivity contribution >= 4 is 12.0 Å². The van der Waals surface area contributed by atoms with Gasteiger partial charge in [-0.25, -0.2) is 0 Å². The van der Waals surface area contributed by atoms with Crippen LogP contribution in [0.15, 0.2) is 18.2 Å². The molecule has 1 N–H and O–H groups in total. The van der Waals surface area contributed by atoms with Gasteiger partial charge >= 0.3 is 5.97 Å². The van der Waals surface area contributed by atoms with Crippen LogP contribution in [0.2, 0.25) is 0 Å². The molecule has 3 nitrogen and oxygen atoms in total. The number of esters is 1. The van der Waals surface area contributed by atoms with E-state index in [1.54, 1.807) is 12.2 Å². The molecule has 3 heteroatoms. The molecule has 1 rings (SSSR count). The summed E-state index contributed by atoms with van der Waals surface area (Å²) in [5.41, 5.74) is 2.88. The molecular formula is C13H16O3. The van der Waals surface area contributed by atoms with E-state index in [9.17, 15) is 4.79 Å². The molecule has 0 aliphatic heterocycles. The molecule has 0 fully saturated rings. The van der Waals surface area contributed by atoms with Gasteiger partial charge in [0.05, 0.1) is 6.61 Å². The van der Waals surface area contributed by atoms with Crippen LogP contribution in [0.3, 0.4) is 0 Å². The quantitative estimate of drug-likeness (QED) is 0.627. The van der Waals surface area contributed by atoms with E-state index in [-0.39, 0.29) is 12.6 Å². The summed E-state index contributed by atoms with van der Waals surface area (Å²) in [6.45, 7) is 5.22. The van der Waals surface area contributed by atoms with Gasteiger partial charge in [0.25, 0.3) is 0 Å². The standard InChI is InChI=1S/C13H16O3/c1-9-7-10(2)12(5-4-6-14)13(8-9)16-11(3)15/h4-5,7-8,14H,6H2,1-3H3/b5-4-. The third-order valence-electron chi connectivity index (χ3n) is 2.14. The second-order valence-corrected chi connectivity index (χ2v) is 3.67. The minimum Gasteiger partial charge on any atom is -0.426 e. The molecule has 0 bridgehead atoms. The molecule has 0 saturated heterocycles. The number of carbonyl (C=O) groups is 1. The number of rotatable bonds is 3. The van der Waals surface area contributed by atoms with Gasteiger partial charge < -0.3 is 9.84 Å². The highest BCUT2D eigenvalue weighted by atomic mass is 16.5. The smallest absolute Gasteiger partial charge is 0.308 e. The lowest BCUT2D eigenvalue weighted by atomic mass is 10.0. The fraction of sp³-hybridized carbons (Fsp3) is 0.308. The maximum atomic E-state index is 11.0. The number of benzene rings is 1. The summed E-state index contributed by atoms with van der Waals surface area (Å²) in [5.74, 6) is 0.193. The van der Waals surface area contributed by atoms with Crippen molar-refractivity contribution < 1.29 is 14.6 Å². The Morgan fingerprint density at radius 1 is 1.44 bits per heavy atom. The van der Waals surface area contributed by atoms with Crippen LogP contribution in [0, 0.1) is 13.8 Å². The van der Waals surface area contributed by atoms with Crippen molar-refractivity contribution in [1.29, 1.82) is 0 Å². The van der Waals surface area contributed by atoms with Crippen molar-refractivity contribution in [3.63, 3.8) is 0 Å². The molecule has 0 radical (unpaired) electrons. The largest absolute Gasteiger partial charge is 0.426 e. The summed E-state index contributed by atoms with van der Waals surface area (Å²) >= 11 is 0. The van der Waals surface area contributed by atoms with Gasteiger partial charge in [0.2, 0.25) is 0 Å². The normalized spacial score (nSPS) is 10.8. The second-order valence-electron chi connectivity index (χ2n) is 3.67. The highest BCUT2D eigenvalue weighted by Crippen LogP contribution is 2.25. The topological polar surface area (TPSA) is 46.5 Å². The molecular weight excluding hydrogens is 204 g/mol. The summed E-state index contributed by atoms with van der Waals surface area (Å²) in [7, 11) is 0. The number of aryl methyl sites for hydroxylation is 2. The maximum Gasteiger partial charge on any atom is 0.308 e. The Hall–Kier alpha value is -1.61. The van der Waals surface area contributed by atoms with E-state index in [1.165, 1.54) is 6.92 Å². The van der Waals surface area contributed by atoms with Crippen molar-refractivity contribution in [3.8, 4) is 5.75 Å². The van der Waals surface area contributed by atoms with E-state index in [1.807, 2.05) is 26.0 Å². The Labute approximate surface area is 95.4 Å². The van der Waals surface area contributed by atoms with Gasteiger partial charge in [0.15, 0.2) is 0 Å². The highest BCUT2D eigenvalue weighted by molar-refractivity contribution is 5.73. The number of hydrogen-bond donors (Lipinski definition) is 1. The number of aliphatic hydroxyl groups excluding tert-OH is 1. The molecule has 0 aliphatic carbocycles. The van der Waals surface area contributed by atoms with Gasteiger partial charge in [-0.05, 0) is 31.0 Å². The minimum atomic E-state index is -0.344. The van der Waals surface area contributed by atoms with E-state index >= 15 is 0 Å². The van der Waals surface area contributed by atoms with E-state index in [0.717, 1.165) is 16.7 Å². The summed E-state index contributed by atoms with van der Waals surface area (Å²) in [4.78, 5) is 11.0. The Balaban J connectivity index is 3.20. The molecule has 0 spiro atoms. The molecule has 0 aliphatic rings. The van der Waals surface area contributed by atoms with Gasteiger partial charge in [-0.3, -0.25) is 4.79 Å². The fourth-order valence-corrected chi connectivity index (χ4v) is 1.56. The fourth-order valence-electron chi connectivity index (χ4n) is 1.56. The van der Waals surface area contributed by atoms with Crippen molar-refractivity contribution in [2.45, 2.75) is 20.8 Å². The predicted molar refractivity (Wildman–Crippen MR) is 63.3 cm³/mol. The van der Waals surface area contributed by atoms with Gasteiger partial charge in [-0.2, -0.15) is 0 Å². The van der Waals surface area contributed by atoms with Crippen molar-refractivity contribution in [1.82, 2.24) is 0 Å². The van der Waals surface area contributed by atoms with Gasteiger partial charge in [-0.15, -0.1) is 0 Å². The number of ether oxygens (including phenoxy) is 1. The van der Waals surface area contributed by atoms with Crippen LogP contribution >= 0.6 is 0 Å². The lowest BCUT2D eigenvalue weighted by Crippen LogP contribution is -2.04. The van der Waals surface area contributed by atoms with Crippen LogP contribution in [0.25, 0.3) is 6.08 Å². The van der Waals surface area contributed by atoms with Crippen LogP contribution in [-0.2, 0) is 4.79 Å². The molecule has 0 amide bonds.